The van der Waals surface area contributed by atoms with Crippen molar-refractivity contribution in [3.05, 3.63) is 62.5 Å². The SMILES string of the molecule is C=NOCC(=O)NCCOCCOCCOCCNC(=O)C[C@@H]1N=C(c2ccc(Cl)cc2)c2c(sc(C)c2C)-n2c(C)nnc21. The second-order valence-electron chi connectivity index (χ2n) is 10.0. The molecule has 0 saturated carbocycles. The second-order valence-corrected chi connectivity index (χ2v) is 11.7. The monoisotopic (exact) mass is 659 g/mol. The minimum absolute atomic E-state index is 0.106. The Labute approximate surface area is 271 Å². The van der Waals surface area contributed by atoms with Gasteiger partial charge in [-0.15, -0.1) is 26.7 Å². The average molecular weight is 660 g/mol. The first-order chi connectivity index (χ1) is 21.8. The summed E-state index contributed by atoms with van der Waals surface area (Å²) in [5, 5.41) is 19.1. The van der Waals surface area contributed by atoms with Gasteiger partial charge in [0.25, 0.3) is 5.91 Å². The molecule has 1 atom stereocenters. The van der Waals surface area contributed by atoms with Crippen molar-refractivity contribution in [2.75, 3.05) is 59.3 Å². The number of halogens is 1. The van der Waals surface area contributed by atoms with Crippen LogP contribution in [-0.2, 0) is 28.6 Å². The number of carbonyl (C=O) groups is 2. The fourth-order valence-electron chi connectivity index (χ4n) is 4.60. The summed E-state index contributed by atoms with van der Waals surface area (Å²) in [6, 6.07) is 7.05. The Hall–Kier alpha value is -3.69. The van der Waals surface area contributed by atoms with E-state index in [4.69, 9.17) is 30.8 Å². The van der Waals surface area contributed by atoms with E-state index in [2.05, 4.69) is 51.4 Å². The number of rotatable bonds is 18. The number of aryl methyl sites for hydroxylation is 2. The fourth-order valence-corrected chi connectivity index (χ4v) is 5.94. The molecule has 1 aliphatic heterocycles. The van der Waals surface area contributed by atoms with Crippen molar-refractivity contribution in [1.82, 2.24) is 25.4 Å². The third-order valence-electron chi connectivity index (χ3n) is 6.90. The van der Waals surface area contributed by atoms with Gasteiger partial charge in [0.05, 0.1) is 51.8 Å². The molecule has 0 aliphatic carbocycles. The summed E-state index contributed by atoms with van der Waals surface area (Å²) in [6.45, 7) is 12.0. The Balaban J connectivity index is 1.22. The highest BCUT2D eigenvalue weighted by atomic mass is 35.5. The number of aromatic nitrogens is 3. The summed E-state index contributed by atoms with van der Waals surface area (Å²) in [5.74, 6) is 0.915. The first-order valence-corrected chi connectivity index (χ1v) is 15.7. The maximum atomic E-state index is 13.0. The van der Waals surface area contributed by atoms with Crippen LogP contribution < -0.4 is 10.6 Å². The van der Waals surface area contributed by atoms with Crippen molar-refractivity contribution >= 4 is 47.2 Å². The molecule has 242 valence electrons. The molecule has 0 fully saturated rings. The molecule has 2 aromatic heterocycles. The highest BCUT2D eigenvalue weighted by Crippen LogP contribution is 2.39. The largest absolute Gasteiger partial charge is 0.386 e. The van der Waals surface area contributed by atoms with Crippen LogP contribution in [0.5, 0.6) is 0 Å². The minimum Gasteiger partial charge on any atom is -0.386 e. The normalized spacial score (nSPS) is 13.8. The van der Waals surface area contributed by atoms with Gasteiger partial charge in [-0.05, 0) is 38.5 Å². The van der Waals surface area contributed by atoms with E-state index in [-0.39, 0.29) is 24.8 Å². The highest BCUT2D eigenvalue weighted by Gasteiger charge is 2.32. The third kappa shape index (κ3) is 9.41. The molecule has 0 saturated heterocycles. The fraction of sp³-hybridized carbons (Fsp3) is 0.467. The smallest absolute Gasteiger partial charge is 0.260 e. The molecule has 1 aliphatic rings. The second kappa shape index (κ2) is 17.1. The van der Waals surface area contributed by atoms with Gasteiger partial charge in [-0.25, -0.2) is 0 Å². The average Bonchev–Trinajstić information content (AvgIpc) is 3.50. The maximum Gasteiger partial charge on any atom is 0.260 e. The number of ether oxygens (including phenoxy) is 3. The molecule has 4 rings (SSSR count). The van der Waals surface area contributed by atoms with E-state index in [0.717, 1.165) is 33.2 Å². The van der Waals surface area contributed by atoms with E-state index in [1.54, 1.807) is 11.3 Å². The van der Waals surface area contributed by atoms with Crippen LogP contribution in [0, 0.1) is 20.8 Å². The minimum atomic E-state index is -0.535. The number of nitrogens with one attached hydrogen (secondary N) is 2. The van der Waals surface area contributed by atoms with Crippen molar-refractivity contribution in [1.29, 1.82) is 0 Å². The van der Waals surface area contributed by atoms with Crippen molar-refractivity contribution in [3.8, 4) is 5.00 Å². The number of fused-ring (bicyclic) bond motifs is 3. The number of benzene rings is 1. The van der Waals surface area contributed by atoms with Gasteiger partial charge in [0.1, 0.15) is 16.9 Å². The molecule has 2 amide bonds. The van der Waals surface area contributed by atoms with Gasteiger partial charge in [0.15, 0.2) is 12.4 Å². The zero-order valence-corrected chi connectivity index (χ0v) is 27.2. The molecule has 0 unspecified atom stereocenters. The molecular weight excluding hydrogens is 622 g/mol. The molecule has 45 heavy (non-hydrogen) atoms. The van der Waals surface area contributed by atoms with Gasteiger partial charge in [0, 0.05) is 40.8 Å². The molecule has 2 N–H and O–H groups in total. The Bertz CT molecular complexity index is 1490. The van der Waals surface area contributed by atoms with Gasteiger partial charge < -0.3 is 29.7 Å². The molecule has 3 aromatic rings. The van der Waals surface area contributed by atoms with Crippen LogP contribution in [0.15, 0.2) is 34.4 Å². The summed E-state index contributed by atoms with van der Waals surface area (Å²) in [5.41, 5.74) is 3.88. The summed E-state index contributed by atoms with van der Waals surface area (Å²) < 4.78 is 18.5. The van der Waals surface area contributed by atoms with Gasteiger partial charge in [0.2, 0.25) is 5.91 Å². The van der Waals surface area contributed by atoms with Crippen molar-refractivity contribution in [3.63, 3.8) is 0 Å². The van der Waals surface area contributed by atoms with Crippen molar-refractivity contribution < 1.29 is 28.6 Å². The predicted molar refractivity (Wildman–Crippen MR) is 172 cm³/mol. The molecule has 0 radical (unpaired) electrons. The lowest BCUT2D eigenvalue weighted by Crippen LogP contribution is -2.30. The Morgan fingerprint density at radius 2 is 1.58 bits per heavy atom. The van der Waals surface area contributed by atoms with Gasteiger partial charge >= 0.3 is 0 Å². The van der Waals surface area contributed by atoms with E-state index in [0.29, 0.717) is 63.6 Å². The number of nitrogens with zero attached hydrogens (tertiary/aromatic N) is 5. The molecule has 0 spiro atoms. The van der Waals surface area contributed by atoms with Gasteiger partial charge in [-0.1, -0.05) is 23.7 Å². The third-order valence-corrected chi connectivity index (χ3v) is 8.35. The zero-order valence-electron chi connectivity index (χ0n) is 25.6. The molecule has 0 bridgehead atoms. The number of thiophene rings is 1. The quantitative estimate of drug-likeness (QED) is 0.120. The van der Waals surface area contributed by atoms with Crippen molar-refractivity contribution in [2.45, 2.75) is 33.2 Å². The number of carbonyl (C=O) groups excluding carboxylic acids is 2. The standard InChI is InChI=1S/C30H38ClN7O6S/c1-19-20(2)45-30-27(19)28(22-5-7-23(31)8-6-22)35-24(29-37-36-21(3)38(29)30)17-25(39)33-9-11-41-13-15-43-16-14-42-12-10-34-26(40)18-44-32-4/h5-8,24H,4,9-18H2,1-3H3,(H,33,39)(H,34,40)/t24-/m0/s1. The lowest BCUT2D eigenvalue weighted by molar-refractivity contribution is -0.126. The number of hydrogen-bond acceptors (Lipinski definition) is 11. The lowest BCUT2D eigenvalue weighted by Gasteiger charge is -2.13. The lowest BCUT2D eigenvalue weighted by atomic mass is 9.99. The molecule has 3 heterocycles. The Morgan fingerprint density at radius 3 is 2.22 bits per heavy atom. The topological polar surface area (TPSA) is 151 Å². The highest BCUT2D eigenvalue weighted by molar-refractivity contribution is 7.15. The zero-order chi connectivity index (χ0) is 32.2. The van der Waals surface area contributed by atoms with Crippen LogP contribution in [0.25, 0.3) is 5.00 Å². The van der Waals surface area contributed by atoms with E-state index < -0.39 is 6.04 Å². The Kier molecular flexibility index (Phi) is 13.0. The summed E-state index contributed by atoms with van der Waals surface area (Å²) in [6.07, 6.45) is 0.106. The van der Waals surface area contributed by atoms with Crippen molar-refractivity contribution in [2.24, 2.45) is 10.1 Å². The number of hydrogen-bond donors (Lipinski definition) is 2. The van der Waals surface area contributed by atoms with Crippen LogP contribution in [0.3, 0.4) is 0 Å². The summed E-state index contributed by atoms with van der Waals surface area (Å²) in [4.78, 5) is 35.2. The number of amides is 2. The van der Waals surface area contributed by atoms with E-state index in [1.165, 1.54) is 4.88 Å². The van der Waals surface area contributed by atoms with Crippen LogP contribution in [0.2, 0.25) is 5.02 Å². The van der Waals surface area contributed by atoms with E-state index in [1.807, 2.05) is 35.8 Å². The first-order valence-electron chi connectivity index (χ1n) is 14.5. The molecule has 1 aromatic carbocycles. The van der Waals surface area contributed by atoms with Crippen LogP contribution in [0.1, 0.15) is 45.7 Å². The van der Waals surface area contributed by atoms with Crippen LogP contribution >= 0.6 is 22.9 Å². The number of oxime groups is 1. The summed E-state index contributed by atoms with van der Waals surface area (Å²) in [7, 11) is 0. The molecular formula is C30H38ClN7O6S. The molecule has 15 heteroatoms. The van der Waals surface area contributed by atoms with E-state index in [9.17, 15) is 9.59 Å². The number of aliphatic imine (C=N–C) groups is 1. The first kappa shape index (κ1) is 34.2. The Morgan fingerprint density at radius 1 is 0.956 bits per heavy atom. The molecule has 13 nitrogen and oxygen atoms in total. The van der Waals surface area contributed by atoms with Crippen LogP contribution in [-0.4, -0.2) is 98.3 Å². The van der Waals surface area contributed by atoms with Gasteiger partial charge in [-0.2, -0.15) is 0 Å². The van der Waals surface area contributed by atoms with E-state index >= 15 is 0 Å². The summed E-state index contributed by atoms with van der Waals surface area (Å²) >= 11 is 7.85. The van der Waals surface area contributed by atoms with Crippen LogP contribution in [0.4, 0.5) is 0 Å². The maximum absolute atomic E-state index is 13.0. The predicted octanol–water partition coefficient (Wildman–Crippen LogP) is 3.10. The van der Waals surface area contributed by atoms with Gasteiger partial charge in [-0.3, -0.25) is 19.1 Å².